The molecule has 0 aliphatic heterocycles. The second kappa shape index (κ2) is 4.79. The van der Waals surface area contributed by atoms with E-state index in [0.29, 0.717) is 17.7 Å². The quantitative estimate of drug-likeness (QED) is 0.823. The molecule has 0 aromatic heterocycles. The summed E-state index contributed by atoms with van der Waals surface area (Å²) < 4.78 is 0. The van der Waals surface area contributed by atoms with Crippen LogP contribution in [0.25, 0.3) is 0 Å². The summed E-state index contributed by atoms with van der Waals surface area (Å²) in [6.45, 7) is 5.32. The van der Waals surface area contributed by atoms with E-state index >= 15 is 0 Å². The van der Waals surface area contributed by atoms with Gasteiger partial charge in [0.2, 0.25) is 5.91 Å². The zero-order valence-corrected chi connectivity index (χ0v) is 9.63. The molecule has 0 aliphatic rings. The molecule has 0 aliphatic carbocycles. The number of aryl methyl sites for hydroxylation is 2. The van der Waals surface area contributed by atoms with Crippen molar-refractivity contribution >= 4 is 17.6 Å². The van der Waals surface area contributed by atoms with Gasteiger partial charge in [0.15, 0.2) is 0 Å². The lowest BCUT2D eigenvalue weighted by molar-refractivity contribution is -0.115. The minimum Gasteiger partial charge on any atom is -0.478 e. The second-order valence-corrected chi connectivity index (χ2v) is 3.69. The molecule has 2 N–H and O–H groups in total. The summed E-state index contributed by atoms with van der Waals surface area (Å²) in [7, 11) is 0. The molecule has 1 rings (SSSR count). The summed E-state index contributed by atoms with van der Waals surface area (Å²) in [6.07, 6.45) is 0.371. The third-order valence-corrected chi connectivity index (χ3v) is 2.40. The number of carbonyl (C=O) groups is 2. The summed E-state index contributed by atoms with van der Waals surface area (Å²) in [6, 6.07) is 3.26. The van der Waals surface area contributed by atoms with Crippen LogP contribution in [0, 0.1) is 13.8 Å². The molecule has 86 valence electrons. The summed E-state index contributed by atoms with van der Waals surface area (Å²) in [5.74, 6) is -1.10. The fourth-order valence-electron chi connectivity index (χ4n) is 1.46. The van der Waals surface area contributed by atoms with Gasteiger partial charge in [-0.3, -0.25) is 4.79 Å². The van der Waals surface area contributed by atoms with Crippen molar-refractivity contribution in [2.45, 2.75) is 27.2 Å². The number of carbonyl (C=O) groups excluding carboxylic acids is 1. The van der Waals surface area contributed by atoms with Crippen LogP contribution in [0.1, 0.15) is 34.8 Å². The predicted octanol–water partition coefficient (Wildman–Crippen LogP) is 2.35. The highest BCUT2D eigenvalue weighted by molar-refractivity contribution is 5.95. The first-order valence-corrected chi connectivity index (χ1v) is 5.10. The van der Waals surface area contributed by atoms with Crippen molar-refractivity contribution in [3.05, 3.63) is 28.8 Å². The zero-order valence-electron chi connectivity index (χ0n) is 9.63. The van der Waals surface area contributed by atoms with Gasteiger partial charge in [-0.05, 0) is 31.0 Å². The molecule has 0 bridgehead atoms. The lowest BCUT2D eigenvalue weighted by Gasteiger charge is -2.10. The minimum atomic E-state index is -0.982. The summed E-state index contributed by atoms with van der Waals surface area (Å²) in [4.78, 5) is 22.2. The number of amides is 1. The van der Waals surface area contributed by atoms with E-state index in [4.69, 9.17) is 5.11 Å². The third kappa shape index (κ3) is 2.59. The maximum absolute atomic E-state index is 11.2. The molecular formula is C12H15NO3. The Morgan fingerprint density at radius 2 is 1.88 bits per heavy atom. The molecule has 0 saturated carbocycles. The van der Waals surface area contributed by atoms with Gasteiger partial charge < -0.3 is 10.4 Å². The molecule has 0 fully saturated rings. The average molecular weight is 221 g/mol. The number of hydrogen-bond acceptors (Lipinski definition) is 2. The fourth-order valence-corrected chi connectivity index (χ4v) is 1.46. The van der Waals surface area contributed by atoms with Crippen molar-refractivity contribution in [2.24, 2.45) is 0 Å². The molecule has 0 atom stereocenters. The molecular weight excluding hydrogens is 206 g/mol. The van der Waals surface area contributed by atoms with Gasteiger partial charge in [-0.1, -0.05) is 13.0 Å². The lowest BCUT2D eigenvalue weighted by atomic mass is 10.0. The standard InChI is InChI=1S/C12H15NO3/c1-4-11(14)13-10-6-9(12(15)16)7(2)5-8(10)3/h5-6H,4H2,1-3H3,(H,13,14)(H,15,16). The van der Waals surface area contributed by atoms with Gasteiger partial charge in [0, 0.05) is 12.1 Å². The topological polar surface area (TPSA) is 66.4 Å². The van der Waals surface area contributed by atoms with Gasteiger partial charge in [0.1, 0.15) is 0 Å². The van der Waals surface area contributed by atoms with Crippen LogP contribution in [0.3, 0.4) is 0 Å². The van der Waals surface area contributed by atoms with Gasteiger partial charge in [-0.15, -0.1) is 0 Å². The smallest absolute Gasteiger partial charge is 0.336 e. The molecule has 4 nitrogen and oxygen atoms in total. The maximum Gasteiger partial charge on any atom is 0.336 e. The Labute approximate surface area is 94.3 Å². The first-order valence-electron chi connectivity index (χ1n) is 5.10. The lowest BCUT2D eigenvalue weighted by Crippen LogP contribution is -2.12. The van der Waals surface area contributed by atoms with Crippen LogP contribution in [0.5, 0.6) is 0 Å². The highest BCUT2D eigenvalue weighted by atomic mass is 16.4. The fraction of sp³-hybridized carbons (Fsp3) is 0.333. The number of nitrogens with one attached hydrogen (secondary N) is 1. The largest absolute Gasteiger partial charge is 0.478 e. The summed E-state index contributed by atoms with van der Waals surface area (Å²) in [5.41, 5.74) is 2.34. The Bertz CT molecular complexity index is 438. The molecule has 16 heavy (non-hydrogen) atoms. The molecule has 4 heteroatoms. The maximum atomic E-state index is 11.2. The normalized spacial score (nSPS) is 9.94. The molecule has 0 unspecified atom stereocenters. The number of anilines is 1. The van der Waals surface area contributed by atoms with Crippen molar-refractivity contribution in [3.8, 4) is 0 Å². The Kier molecular flexibility index (Phi) is 3.66. The molecule has 0 spiro atoms. The highest BCUT2D eigenvalue weighted by Gasteiger charge is 2.11. The van der Waals surface area contributed by atoms with E-state index in [1.807, 2.05) is 6.92 Å². The van der Waals surface area contributed by atoms with Gasteiger partial charge in [0.05, 0.1) is 5.56 Å². The number of benzene rings is 1. The van der Waals surface area contributed by atoms with E-state index in [1.165, 1.54) is 6.07 Å². The summed E-state index contributed by atoms with van der Waals surface area (Å²) >= 11 is 0. The Hall–Kier alpha value is -1.84. The number of rotatable bonds is 3. The molecule has 0 saturated heterocycles. The van der Waals surface area contributed by atoms with Gasteiger partial charge in [-0.25, -0.2) is 4.79 Å². The van der Waals surface area contributed by atoms with Crippen LogP contribution in [0.4, 0.5) is 5.69 Å². The Morgan fingerprint density at radius 1 is 1.25 bits per heavy atom. The van der Waals surface area contributed by atoms with E-state index in [1.54, 1.807) is 19.9 Å². The van der Waals surface area contributed by atoms with Crippen molar-refractivity contribution < 1.29 is 14.7 Å². The van der Waals surface area contributed by atoms with E-state index < -0.39 is 5.97 Å². The summed E-state index contributed by atoms with van der Waals surface area (Å²) in [5, 5.41) is 11.6. The third-order valence-electron chi connectivity index (χ3n) is 2.40. The highest BCUT2D eigenvalue weighted by Crippen LogP contribution is 2.20. The number of aromatic carboxylic acids is 1. The predicted molar refractivity (Wildman–Crippen MR) is 61.8 cm³/mol. The van der Waals surface area contributed by atoms with Crippen LogP contribution in [0.15, 0.2) is 12.1 Å². The van der Waals surface area contributed by atoms with Gasteiger partial charge >= 0.3 is 5.97 Å². The average Bonchev–Trinajstić information content (AvgIpc) is 2.21. The SMILES string of the molecule is CCC(=O)Nc1cc(C(=O)O)c(C)cc1C. The molecule has 1 amide bonds. The van der Waals surface area contributed by atoms with Crippen LogP contribution in [-0.2, 0) is 4.79 Å². The zero-order chi connectivity index (χ0) is 12.3. The first kappa shape index (κ1) is 12.2. The molecule has 1 aromatic rings. The Balaban J connectivity index is 3.14. The molecule has 0 heterocycles. The molecule has 0 radical (unpaired) electrons. The first-order chi connectivity index (χ1) is 7.45. The molecule has 1 aromatic carbocycles. The second-order valence-electron chi connectivity index (χ2n) is 3.69. The number of carboxylic acids is 1. The van der Waals surface area contributed by atoms with E-state index in [2.05, 4.69) is 5.32 Å². The van der Waals surface area contributed by atoms with E-state index in [-0.39, 0.29) is 11.5 Å². The Morgan fingerprint density at radius 3 is 2.38 bits per heavy atom. The van der Waals surface area contributed by atoms with Crippen molar-refractivity contribution in [2.75, 3.05) is 5.32 Å². The van der Waals surface area contributed by atoms with Crippen LogP contribution >= 0.6 is 0 Å². The number of hydrogen-bond donors (Lipinski definition) is 2. The van der Waals surface area contributed by atoms with E-state index in [0.717, 1.165) is 5.56 Å². The van der Waals surface area contributed by atoms with Gasteiger partial charge in [0.25, 0.3) is 0 Å². The minimum absolute atomic E-state index is 0.122. The van der Waals surface area contributed by atoms with Crippen LogP contribution < -0.4 is 5.32 Å². The number of carboxylic acid groups (broad SMARTS) is 1. The van der Waals surface area contributed by atoms with Gasteiger partial charge in [-0.2, -0.15) is 0 Å². The van der Waals surface area contributed by atoms with Crippen molar-refractivity contribution in [1.29, 1.82) is 0 Å². The van der Waals surface area contributed by atoms with E-state index in [9.17, 15) is 9.59 Å². The van der Waals surface area contributed by atoms with Crippen molar-refractivity contribution in [1.82, 2.24) is 0 Å². The van der Waals surface area contributed by atoms with Crippen LogP contribution in [0.2, 0.25) is 0 Å². The van der Waals surface area contributed by atoms with Crippen molar-refractivity contribution in [3.63, 3.8) is 0 Å². The van der Waals surface area contributed by atoms with Crippen LogP contribution in [-0.4, -0.2) is 17.0 Å². The monoisotopic (exact) mass is 221 g/mol.